The van der Waals surface area contributed by atoms with Crippen molar-refractivity contribution in [2.75, 3.05) is 0 Å². The van der Waals surface area contributed by atoms with Gasteiger partial charge in [0.25, 0.3) is 0 Å². The number of ether oxygens (including phenoxy) is 1. The molecule has 6 heteroatoms. The van der Waals surface area contributed by atoms with Crippen LogP contribution in [0.5, 0.6) is 5.75 Å². The van der Waals surface area contributed by atoms with Gasteiger partial charge in [0, 0.05) is 12.2 Å². The van der Waals surface area contributed by atoms with Crippen molar-refractivity contribution in [3.05, 3.63) is 34.3 Å². The van der Waals surface area contributed by atoms with Crippen LogP contribution in [-0.2, 0) is 6.61 Å². The highest BCUT2D eigenvalue weighted by molar-refractivity contribution is 7.12. The fraction of sp³-hybridized carbons (Fsp3) is 0.333. The zero-order valence-corrected chi connectivity index (χ0v) is 11.0. The molecular formula is C12H14N2O3S. The monoisotopic (exact) mass is 266 g/mol. The smallest absolute Gasteiger partial charge is 0.349 e. The topological polar surface area (TPSA) is 64.3 Å². The third-order valence-corrected chi connectivity index (χ3v) is 3.28. The minimum atomic E-state index is -0.965. The maximum absolute atomic E-state index is 10.9. The minimum absolute atomic E-state index is 0.221. The molecule has 2 rings (SSSR count). The predicted octanol–water partition coefficient (Wildman–Crippen LogP) is 2.80. The lowest BCUT2D eigenvalue weighted by atomic mass is 10.4. The van der Waals surface area contributed by atoms with Gasteiger partial charge in [0.05, 0.1) is 5.69 Å². The lowest BCUT2D eigenvalue weighted by Crippen LogP contribution is -2.04. The van der Waals surface area contributed by atoms with Crippen molar-refractivity contribution in [1.29, 1.82) is 0 Å². The first-order valence-corrected chi connectivity index (χ1v) is 6.43. The van der Waals surface area contributed by atoms with Crippen LogP contribution in [0.3, 0.4) is 0 Å². The number of thiophene rings is 1. The number of carboxylic acid groups (broad SMARTS) is 1. The molecule has 0 aliphatic rings. The van der Waals surface area contributed by atoms with E-state index in [4.69, 9.17) is 9.84 Å². The normalized spacial score (nSPS) is 10.8. The molecule has 0 saturated carbocycles. The molecule has 0 aliphatic heterocycles. The Morgan fingerprint density at radius 1 is 1.56 bits per heavy atom. The van der Waals surface area contributed by atoms with Gasteiger partial charge in [-0.1, -0.05) is 0 Å². The van der Waals surface area contributed by atoms with Gasteiger partial charge in [-0.15, -0.1) is 11.3 Å². The Bertz CT molecular complexity index is 545. The van der Waals surface area contributed by atoms with E-state index in [9.17, 15) is 4.79 Å². The second-order valence-corrected chi connectivity index (χ2v) is 5.00. The second kappa shape index (κ2) is 5.22. The Morgan fingerprint density at radius 3 is 2.94 bits per heavy atom. The Hall–Kier alpha value is -1.82. The first-order chi connectivity index (χ1) is 8.58. The average molecular weight is 266 g/mol. The van der Waals surface area contributed by atoms with E-state index < -0.39 is 5.97 Å². The van der Waals surface area contributed by atoms with Crippen molar-refractivity contribution in [1.82, 2.24) is 9.78 Å². The van der Waals surface area contributed by atoms with Gasteiger partial charge in [-0.25, -0.2) is 4.79 Å². The molecule has 0 atom stereocenters. The number of carbonyl (C=O) groups is 1. The molecule has 0 saturated heterocycles. The van der Waals surface area contributed by atoms with E-state index in [-0.39, 0.29) is 11.5 Å². The Balaban J connectivity index is 2.02. The van der Waals surface area contributed by atoms with E-state index in [0.717, 1.165) is 17.0 Å². The molecular weight excluding hydrogens is 252 g/mol. The van der Waals surface area contributed by atoms with Gasteiger partial charge in [0.15, 0.2) is 4.88 Å². The summed E-state index contributed by atoms with van der Waals surface area (Å²) >= 11 is 1.15. The number of hydrogen-bond acceptors (Lipinski definition) is 4. The van der Waals surface area contributed by atoms with E-state index in [0.29, 0.717) is 11.8 Å². The van der Waals surface area contributed by atoms with E-state index in [1.807, 2.05) is 30.8 Å². The molecule has 0 aliphatic carbocycles. The molecule has 2 heterocycles. The van der Waals surface area contributed by atoms with E-state index in [2.05, 4.69) is 5.10 Å². The standard InChI is InChI=1S/C12H14N2O3S/c1-8(2)14-5-3-9(13-14)7-17-10-4-6-18-11(10)12(15)16/h3-6,8H,7H2,1-2H3,(H,15,16). The lowest BCUT2D eigenvalue weighted by molar-refractivity contribution is 0.0697. The zero-order valence-electron chi connectivity index (χ0n) is 10.2. The summed E-state index contributed by atoms with van der Waals surface area (Å²) < 4.78 is 7.31. The van der Waals surface area contributed by atoms with Crippen LogP contribution in [0.25, 0.3) is 0 Å². The third kappa shape index (κ3) is 2.70. The Kier molecular flexibility index (Phi) is 3.66. The van der Waals surface area contributed by atoms with Crippen LogP contribution in [0.2, 0.25) is 0 Å². The summed E-state index contributed by atoms with van der Waals surface area (Å²) in [4.78, 5) is 11.1. The molecule has 18 heavy (non-hydrogen) atoms. The van der Waals surface area contributed by atoms with Gasteiger partial charge in [0.2, 0.25) is 0 Å². The van der Waals surface area contributed by atoms with Crippen molar-refractivity contribution in [2.24, 2.45) is 0 Å². The van der Waals surface area contributed by atoms with E-state index >= 15 is 0 Å². The van der Waals surface area contributed by atoms with Crippen LogP contribution >= 0.6 is 11.3 Å². The second-order valence-electron chi connectivity index (χ2n) is 4.09. The van der Waals surface area contributed by atoms with Gasteiger partial charge >= 0.3 is 5.97 Å². The summed E-state index contributed by atoms with van der Waals surface area (Å²) in [6, 6.07) is 3.83. The SMILES string of the molecule is CC(C)n1ccc(COc2ccsc2C(=O)O)n1. The number of aromatic carboxylic acids is 1. The minimum Gasteiger partial charge on any atom is -0.485 e. The summed E-state index contributed by atoms with van der Waals surface area (Å²) in [5, 5.41) is 15.0. The first kappa shape index (κ1) is 12.6. The molecule has 5 nitrogen and oxygen atoms in total. The summed E-state index contributed by atoms with van der Waals surface area (Å²) in [5.74, 6) is -0.570. The molecule has 0 aromatic carbocycles. The van der Waals surface area contributed by atoms with Gasteiger partial charge in [-0.2, -0.15) is 5.10 Å². The van der Waals surface area contributed by atoms with Crippen LogP contribution in [0.1, 0.15) is 35.3 Å². The summed E-state index contributed by atoms with van der Waals surface area (Å²) in [6.07, 6.45) is 1.88. The quantitative estimate of drug-likeness (QED) is 0.903. The van der Waals surface area contributed by atoms with Crippen LogP contribution in [0.4, 0.5) is 0 Å². The first-order valence-electron chi connectivity index (χ1n) is 5.55. The van der Waals surface area contributed by atoms with E-state index in [1.54, 1.807) is 11.4 Å². The molecule has 96 valence electrons. The molecule has 1 N–H and O–H groups in total. The molecule has 0 fully saturated rings. The molecule has 0 amide bonds. The van der Waals surface area contributed by atoms with Crippen LogP contribution in [0, 0.1) is 0 Å². The summed E-state index contributed by atoms with van der Waals surface area (Å²) in [5.41, 5.74) is 0.784. The number of nitrogens with zero attached hydrogens (tertiary/aromatic N) is 2. The molecule has 2 aromatic rings. The maximum Gasteiger partial charge on any atom is 0.349 e. The van der Waals surface area contributed by atoms with Gasteiger partial charge in [-0.05, 0) is 31.4 Å². The zero-order chi connectivity index (χ0) is 13.1. The maximum atomic E-state index is 10.9. The average Bonchev–Trinajstić information content (AvgIpc) is 2.95. The highest BCUT2D eigenvalue weighted by Gasteiger charge is 2.13. The van der Waals surface area contributed by atoms with Crippen molar-refractivity contribution in [3.63, 3.8) is 0 Å². The Morgan fingerprint density at radius 2 is 2.33 bits per heavy atom. The predicted molar refractivity (Wildman–Crippen MR) is 68.2 cm³/mol. The molecule has 0 spiro atoms. The number of hydrogen-bond donors (Lipinski definition) is 1. The number of aromatic nitrogens is 2. The van der Waals surface area contributed by atoms with Crippen molar-refractivity contribution >= 4 is 17.3 Å². The lowest BCUT2D eigenvalue weighted by Gasteiger charge is -2.05. The van der Waals surface area contributed by atoms with Crippen molar-refractivity contribution in [2.45, 2.75) is 26.5 Å². The van der Waals surface area contributed by atoms with Crippen LogP contribution < -0.4 is 4.74 Å². The fourth-order valence-electron chi connectivity index (χ4n) is 1.46. The van der Waals surface area contributed by atoms with Crippen molar-refractivity contribution in [3.8, 4) is 5.75 Å². The molecule has 0 bridgehead atoms. The van der Waals surface area contributed by atoms with E-state index in [1.165, 1.54) is 0 Å². The van der Waals surface area contributed by atoms with Gasteiger partial charge in [0.1, 0.15) is 12.4 Å². The van der Waals surface area contributed by atoms with Gasteiger partial charge < -0.3 is 9.84 Å². The van der Waals surface area contributed by atoms with Crippen molar-refractivity contribution < 1.29 is 14.6 Å². The number of rotatable bonds is 5. The van der Waals surface area contributed by atoms with Crippen LogP contribution in [0.15, 0.2) is 23.7 Å². The molecule has 0 radical (unpaired) electrons. The molecule has 0 unspecified atom stereocenters. The number of carboxylic acids is 1. The van der Waals surface area contributed by atoms with Gasteiger partial charge in [-0.3, -0.25) is 4.68 Å². The molecule has 2 aromatic heterocycles. The third-order valence-electron chi connectivity index (χ3n) is 2.39. The Labute approximate surface area is 109 Å². The summed E-state index contributed by atoms with van der Waals surface area (Å²) in [6.45, 7) is 4.36. The fourth-order valence-corrected chi connectivity index (χ4v) is 2.13. The van der Waals surface area contributed by atoms with Crippen LogP contribution in [-0.4, -0.2) is 20.9 Å². The largest absolute Gasteiger partial charge is 0.485 e. The summed E-state index contributed by atoms with van der Waals surface area (Å²) in [7, 11) is 0. The highest BCUT2D eigenvalue weighted by atomic mass is 32.1. The highest BCUT2D eigenvalue weighted by Crippen LogP contribution is 2.25.